The van der Waals surface area contributed by atoms with E-state index in [2.05, 4.69) is 65.9 Å². The van der Waals surface area contributed by atoms with Gasteiger partial charge >= 0.3 is 0 Å². The van der Waals surface area contributed by atoms with Crippen molar-refractivity contribution >= 4 is 34.2 Å². The van der Waals surface area contributed by atoms with Crippen molar-refractivity contribution in [3.8, 4) is 5.75 Å². The Bertz CT molecular complexity index is 594. The lowest BCUT2D eigenvalue weighted by molar-refractivity contribution is 0.254. The van der Waals surface area contributed by atoms with Gasteiger partial charge in [0.25, 0.3) is 0 Å². The first-order valence-electron chi connectivity index (χ1n) is 6.32. The van der Waals surface area contributed by atoms with Crippen LogP contribution in [0.25, 0.3) is 0 Å². The van der Waals surface area contributed by atoms with Gasteiger partial charge in [-0.25, -0.2) is 0 Å². The van der Waals surface area contributed by atoms with Gasteiger partial charge in [-0.2, -0.15) is 0 Å². The number of benzene rings is 2. The third-order valence-corrected chi connectivity index (χ3v) is 4.60. The number of alkyl halides is 1. The maximum Gasteiger partial charge on any atom is 0.123 e. The Morgan fingerprint density at radius 1 is 1.16 bits per heavy atom. The third-order valence-electron chi connectivity index (χ3n) is 3.38. The summed E-state index contributed by atoms with van der Waals surface area (Å²) in [5.74, 6) is 1.00. The summed E-state index contributed by atoms with van der Waals surface area (Å²) in [5, 5.41) is -0.0989. The van der Waals surface area contributed by atoms with E-state index in [9.17, 15) is 0 Å². The smallest absolute Gasteiger partial charge is 0.123 e. The lowest BCUT2D eigenvalue weighted by atomic mass is 10.0. The first-order chi connectivity index (χ1) is 9.13. The lowest BCUT2D eigenvalue weighted by Crippen LogP contribution is -2.05. The molecule has 2 aromatic carbocycles. The molecule has 1 heterocycles. The maximum atomic E-state index is 6.58. The topological polar surface area (TPSA) is 9.23 Å². The average Bonchev–Trinajstić information content (AvgIpc) is 2.77. The Labute approximate surface area is 132 Å². The van der Waals surface area contributed by atoms with Crippen molar-refractivity contribution in [1.82, 2.24) is 0 Å². The quantitative estimate of drug-likeness (QED) is 0.526. The van der Waals surface area contributed by atoms with Crippen LogP contribution in [0.3, 0.4) is 0 Å². The predicted octanol–water partition coefficient (Wildman–Crippen LogP) is 4.94. The average molecular weight is 385 g/mol. The fraction of sp³-hybridized carbons (Fsp3) is 0.250. The van der Waals surface area contributed by atoms with Crippen molar-refractivity contribution in [2.45, 2.75) is 24.8 Å². The molecule has 0 N–H and O–H groups in total. The number of ether oxygens (including phenoxy) is 1. The van der Waals surface area contributed by atoms with Gasteiger partial charge in [-0.3, -0.25) is 0 Å². The molecule has 0 saturated carbocycles. The second kappa shape index (κ2) is 5.33. The summed E-state index contributed by atoms with van der Waals surface area (Å²) in [7, 11) is 0. The van der Waals surface area contributed by atoms with Gasteiger partial charge in [-0.1, -0.05) is 24.3 Å². The SMILES string of the molecule is CC1Cc2cc(C(Cl)c3ccc(I)cc3)ccc2O1. The van der Waals surface area contributed by atoms with Gasteiger partial charge < -0.3 is 4.74 Å². The van der Waals surface area contributed by atoms with Gasteiger partial charge in [-0.15, -0.1) is 11.6 Å². The Kier molecular flexibility index (Phi) is 3.72. The van der Waals surface area contributed by atoms with Gasteiger partial charge in [0, 0.05) is 9.99 Å². The van der Waals surface area contributed by atoms with Crippen LogP contribution < -0.4 is 4.74 Å². The molecule has 1 aliphatic heterocycles. The van der Waals surface area contributed by atoms with Crippen LogP contribution in [0.4, 0.5) is 0 Å². The van der Waals surface area contributed by atoms with Crippen LogP contribution in [-0.4, -0.2) is 6.10 Å². The van der Waals surface area contributed by atoms with Crippen molar-refractivity contribution < 1.29 is 4.74 Å². The summed E-state index contributed by atoms with van der Waals surface area (Å²) in [6.45, 7) is 2.09. The second-order valence-corrected chi connectivity index (χ2v) is 6.60. The molecule has 0 radical (unpaired) electrons. The van der Waals surface area contributed by atoms with Gasteiger partial charge in [0.05, 0.1) is 5.38 Å². The molecule has 0 aromatic heterocycles. The zero-order chi connectivity index (χ0) is 13.4. The van der Waals surface area contributed by atoms with Crippen molar-refractivity contribution in [3.05, 3.63) is 62.7 Å². The van der Waals surface area contributed by atoms with E-state index in [0.29, 0.717) is 0 Å². The Morgan fingerprint density at radius 3 is 2.58 bits per heavy atom. The van der Waals surface area contributed by atoms with E-state index in [1.807, 2.05) is 6.07 Å². The van der Waals surface area contributed by atoms with Crippen LogP contribution in [0.5, 0.6) is 5.75 Å². The summed E-state index contributed by atoms with van der Waals surface area (Å²) >= 11 is 8.88. The van der Waals surface area contributed by atoms with Crippen LogP contribution >= 0.6 is 34.2 Å². The number of rotatable bonds is 2. The molecule has 0 aliphatic carbocycles. The molecule has 2 atom stereocenters. The highest BCUT2D eigenvalue weighted by Crippen LogP contribution is 2.35. The van der Waals surface area contributed by atoms with Crippen LogP contribution in [0.15, 0.2) is 42.5 Å². The summed E-state index contributed by atoms with van der Waals surface area (Å²) in [6, 6.07) is 14.6. The summed E-state index contributed by atoms with van der Waals surface area (Å²) in [5.41, 5.74) is 3.54. The minimum Gasteiger partial charge on any atom is -0.490 e. The Balaban J connectivity index is 1.90. The first-order valence-corrected chi connectivity index (χ1v) is 7.84. The zero-order valence-corrected chi connectivity index (χ0v) is 13.5. The molecule has 98 valence electrons. The van der Waals surface area contributed by atoms with E-state index >= 15 is 0 Å². The van der Waals surface area contributed by atoms with Crippen molar-refractivity contribution in [2.24, 2.45) is 0 Å². The first kappa shape index (κ1) is 13.3. The number of fused-ring (bicyclic) bond motifs is 1. The predicted molar refractivity (Wildman–Crippen MR) is 87.1 cm³/mol. The normalized spacial score (nSPS) is 18.8. The van der Waals surface area contributed by atoms with Crippen LogP contribution in [0, 0.1) is 3.57 Å². The Hall–Kier alpha value is -0.740. The lowest BCUT2D eigenvalue weighted by Gasteiger charge is -2.11. The maximum absolute atomic E-state index is 6.58. The van der Waals surface area contributed by atoms with Crippen molar-refractivity contribution in [2.75, 3.05) is 0 Å². The highest BCUT2D eigenvalue weighted by Gasteiger charge is 2.21. The number of hydrogen-bond acceptors (Lipinski definition) is 1. The molecule has 3 heteroatoms. The molecular weight excluding hydrogens is 371 g/mol. The number of hydrogen-bond donors (Lipinski definition) is 0. The fourth-order valence-corrected chi connectivity index (χ4v) is 3.06. The zero-order valence-electron chi connectivity index (χ0n) is 10.6. The highest BCUT2D eigenvalue weighted by atomic mass is 127. The molecule has 0 spiro atoms. The molecule has 2 aromatic rings. The molecule has 3 rings (SSSR count). The highest BCUT2D eigenvalue weighted by molar-refractivity contribution is 14.1. The minimum absolute atomic E-state index is 0.0989. The molecule has 2 unspecified atom stereocenters. The van der Waals surface area contributed by atoms with Crippen LogP contribution in [0.2, 0.25) is 0 Å². The molecule has 1 aliphatic rings. The molecule has 0 bridgehead atoms. The van der Waals surface area contributed by atoms with E-state index in [0.717, 1.165) is 23.3 Å². The molecule has 0 saturated heterocycles. The van der Waals surface area contributed by atoms with Gasteiger partial charge in [-0.05, 0) is 64.4 Å². The van der Waals surface area contributed by atoms with Crippen LogP contribution in [-0.2, 0) is 6.42 Å². The summed E-state index contributed by atoms with van der Waals surface area (Å²) in [4.78, 5) is 0. The van der Waals surface area contributed by atoms with E-state index in [1.54, 1.807) is 0 Å². The monoisotopic (exact) mass is 384 g/mol. The van der Waals surface area contributed by atoms with E-state index in [-0.39, 0.29) is 11.5 Å². The fourth-order valence-electron chi connectivity index (χ4n) is 2.42. The minimum atomic E-state index is -0.0989. The standard InChI is InChI=1S/C16H14ClIO/c1-10-8-13-9-12(4-7-15(13)19-10)16(17)11-2-5-14(18)6-3-11/h2-7,9-10,16H,8H2,1H3. The number of halogens is 2. The van der Waals surface area contributed by atoms with Gasteiger partial charge in [0.2, 0.25) is 0 Å². The molecule has 0 amide bonds. The van der Waals surface area contributed by atoms with E-state index in [1.165, 1.54) is 9.13 Å². The molecule has 1 nitrogen and oxygen atoms in total. The van der Waals surface area contributed by atoms with Crippen molar-refractivity contribution in [3.63, 3.8) is 0 Å². The van der Waals surface area contributed by atoms with Crippen LogP contribution in [0.1, 0.15) is 29.0 Å². The van der Waals surface area contributed by atoms with E-state index < -0.39 is 0 Å². The third kappa shape index (κ3) is 2.75. The Morgan fingerprint density at radius 2 is 1.84 bits per heavy atom. The van der Waals surface area contributed by atoms with E-state index in [4.69, 9.17) is 16.3 Å². The van der Waals surface area contributed by atoms with Crippen molar-refractivity contribution in [1.29, 1.82) is 0 Å². The molecular formula is C16H14ClIO. The van der Waals surface area contributed by atoms with Gasteiger partial charge in [0.15, 0.2) is 0 Å². The van der Waals surface area contributed by atoms with Gasteiger partial charge in [0.1, 0.15) is 11.9 Å². The molecule has 0 fully saturated rings. The summed E-state index contributed by atoms with van der Waals surface area (Å²) < 4.78 is 6.94. The molecule has 19 heavy (non-hydrogen) atoms. The second-order valence-electron chi connectivity index (χ2n) is 4.91. The summed E-state index contributed by atoms with van der Waals surface area (Å²) in [6.07, 6.45) is 1.25. The largest absolute Gasteiger partial charge is 0.490 e.